The predicted octanol–water partition coefficient (Wildman–Crippen LogP) is 3.01. The van der Waals surface area contributed by atoms with Crippen LogP contribution < -0.4 is 5.56 Å². The minimum Gasteiger partial charge on any atom is -0.508 e. The summed E-state index contributed by atoms with van der Waals surface area (Å²) in [5.74, 6) is 0.172. The Morgan fingerprint density at radius 2 is 1.58 bits per heavy atom. The molecule has 0 spiro atoms. The third-order valence-corrected chi connectivity index (χ3v) is 3.80. The van der Waals surface area contributed by atoms with Gasteiger partial charge in [0.15, 0.2) is 0 Å². The molecule has 3 aromatic rings. The molecular formula is C16H15NO2. The number of aryl methyl sites for hydroxylation is 3. The average Bonchev–Trinajstić information content (AvgIpc) is 2.38. The van der Waals surface area contributed by atoms with Gasteiger partial charge in [-0.3, -0.25) is 4.79 Å². The number of pyridine rings is 1. The van der Waals surface area contributed by atoms with Gasteiger partial charge in [0.05, 0.1) is 5.52 Å². The Hall–Kier alpha value is -2.29. The largest absolute Gasteiger partial charge is 0.508 e. The van der Waals surface area contributed by atoms with Gasteiger partial charge in [0, 0.05) is 23.9 Å². The summed E-state index contributed by atoms with van der Waals surface area (Å²) in [7, 11) is 1.73. The molecule has 0 amide bonds. The van der Waals surface area contributed by atoms with Crippen molar-refractivity contribution in [3.63, 3.8) is 0 Å². The molecule has 0 bridgehead atoms. The molecule has 0 radical (unpaired) electrons. The Morgan fingerprint density at radius 1 is 0.947 bits per heavy atom. The second kappa shape index (κ2) is 3.85. The van der Waals surface area contributed by atoms with Crippen molar-refractivity contribution in [1.29, 1.82) is 0 Å². The van der Waals surface area contributed by atoms with Crippen molar-refractivity contribution >= 4 is 21.7 Å². The molecule has 1 aromatic heterocycles. The van der Waals surface area contributed by atoms with Gasteiger partial charge >= 0.3 is 0 Å². The van der Waals surface area contributed by atoms with Crippen LogP contribution in [-0.2, 0) is 7.05 Å². The molecule has 3 heteroatoms. The number of rotatable bonds is 0. The zero-order chi connectivity index (χ0) is 13.7. The lowest BCUT2D eigenvalue weighted by atomic mass is 10.0. The van der Waals surface area contributed by atoms with Crippen molar-refractivity contribution < 1.29 is 5.11 Å². The van der Waals surface area contributed by atoms with Crippen LogP contribution in [0.25, 0.3) is 21.7 Å². The van der Waals surface area contributed by atoms with E-state index in [0.717, 1.165) is 32.8 Å². The number of aromatic hydroxyl groups is 1. The molecule has 3 nitrogen and oxygen atoms in total. The predicted molar refractivity (Wildman–Crippen MR) is 77.8 cm³/mol. The fraction of sp³-hybridized carbons (Fsp3) is 0.188. The Morgan fingerprint density at radius 3 is 2.26 bits per heavy atom. The zero-order valence-electron chi connectivity index (χ0n) is 11.2. The van der Waals surface area contributed by atoms with Crippen LogP contribution in [-0.4, -0.2) is 9.67 Å². The molecule has 0 fully saturated rings. The number of aromatic nitrogens is 1. The molecule has 0 saturated carbocycles. The Labute approximate surface area is 110 Å². The maximum absolute atomic E-state index is 12.4. The van der Waals surface area contributed by atoms with Gasteiger partial charge in [0.25, 0.3) is 5.56 Å². The van der Waals surface area contributed by atoms with Crippen molar-refractivity contribution in [3.8, 4) is 5.75 Å². The molecule has 96 valence electrons. The van der Waals surface area contributed by atoms with Gasteiger partial charge in [0.2, 0.25) is 0 Å². The fourth-order valence-corrected chi connectivity index (χ4v) is 2.53. The summed E-state index contributed by atoms with van der Waals surface area (Å²) in [6.07, 6.45) is 0. The second-order valence-corrected chi connectivity index (χ2v) is 5.05. The van der Waals surface area contributed by atoms with Gasteiger partial charge in [-0.05, 0) is 48.6 Å². The number of phenols is 1. The molecule has 2 aromatic carbocycles. The third-order valence-electron chi connectivity index (χ3n) is 3.80. The van der Waals surface area contributed by atoms with Gasteiger partial charge in [0.1, 0.15) is 5.75 Å². The van der Waals surface area contributed by atoms with Crippen molar-refractivity contribution in [2.24, 2.45) is 7.05 Å². The first kappa shape index (κ1) is 11.8. The van der Waals surface area contributed by atoms with Crippen molar-refractivity contribution in [2.75, 3.05) is 0 Å². The van der Waals surface area contributed by atoms with Crippen molar-refractivity contribution in [3.05, 3.63) is 51.8 Å². The lowest BCUT2D eigenvalue weighted by Crippen LogP contribution is -2.17. The first-order chi connectivity index (χ1) is 8.99. The van der Waals surface area contributed by atoms with Crippen LogP contribution in [0.15, 0.2) is 35.1 Å². The van der Waals surface area contributed by atoms with Crippen LogP contribution in [0.4, 0.5) is 0 Å². The molecule has 0 aliphatic heterocycles. The summed E-state index contributed by atoms with van der Waals surface area (Å²) in [5.41, 5.74) is 3.00. The highest BCUT2D eigenvalue weighted by molar-refractivity contribution is 6.06. The Balaban J connectivity index is 2.67. The Kier molecular flexibility index (Phi) is 2.39. The molecule has 0 aliphatic carbocycles. The van der Waals surface area contributed by atoms with E-state index in [9.17, 15) is 9.90 Å². The molecular weight excluding hydrogens is 238 g/mol. The van der Waals surface area contributed by atoms with Gasteiger partial charge in [-0.1, -0.05) is 6.07 Å². The van der Waals surface area contributed by atoms with Crippen LogP contribution in [0.2, 0.25) is 0 Å². The molecule has 0 saturated heterocycles. The quantitative estimate of drug-likeness (QED) is 0.626. The van der Waals surface area contributed by atoms with E-state index in [4.69, 9.17) is 0 Å². The molecule has 1 heterocycles. The van der Waals surface area contributed by atoms with Crippen molar-refractivity contribution in [1.82, 2.24) is 4.57 Å². The minimum atomic E-state index is -0.0313. The normalized spacial score (nSPS) is 11.3. The summed E-state index contributed by atoms with van der Waals surface area (Å²) in [5, 5.41) is 12.3. The van der Waals surface area contributed by atoms with Crippen LogP contribution in [0.5, 0.6) is 5.75 Å². The van der Waals surface area contributed by atoms with E-state index in [-0.39, 0.29) is 11.3 Å². The van der Waals surface area contributed by atoms with E-state index in [2.05, 4.69) is 0 Å². The van der Waals surface area contributed by atoms with Gasteiger partial charge in [-0.2, -0.15) is 0 Å². The van der Waals surface area contributed by atoms with E-state index in [1.807, 2.05) is 32.0 Å². The summed E-state index contributed by atoms with van der Waals surface area (Å²) < 4.78 is 1.59. The Bertz CT molecular complexity index is 875. The molecule has 0 aliphatic rings. The summed E-state index contributed by atoms with van der Waals surface area (Å²) in [6.45, 7) is 4.05. The number of hydrogen-bond acceptors (Lipinski definition) is 2. The molecule has 19 heavy (non-hydrogen) atoms. The van der Waals surface area contributed by atoms with E-state index in [0.29, 0.717) is 0 Å². The van der Waals surface area contributed by atoms with Crippen LogP contribution in [0, 0.1) is 13.8 Å². The number of phenolic OH excluding ortho intramolecular Hbond substituents is 1. The number of fused-ring (bicyclic) bond motifs is 3. The first-order valence-electron chi connectivity index (χ1n) is 6.21. The average molecular weight is 253 g/mol. The number of benzene rings is 2. The van der Waals surface area contributed by atoms with Crippen LogP contribution in [0.1, 0.15) is 11.1 Å². The highest BCUT2D eigenvalue weighted by Gasteiger charge is 2.10. The lowest BCUT2D eigenvalue weighted by Gasteiger charge is -2.11. The van der Waals surface area contributed by atoms with E-state index in [1.165, 1.54) is 0 Å². The van der Waals surface area contributed by atoms with E-state index >= 15 is 0 Å². The van der Waals surface area contributed by atoms with Gasteiger partial charge < -0.3 is 9.67 Å². The van der Waals surface area contributed by atoms with Gasteiger partial charge in [-0.25, -0.2) is 0 Å². The number of hydrogen-bond donors (Lipinski definition) is 1. The first-order valence-corrected chi connectivity index (χ1v) is 6.21. The van der Waals surface area contributed by atoms with E-state index in [1.54, 1.807) is 23.7 Å². The highest BCUT2D eigenvalue weighted by atomic mass is 16.3. The molecule has 0 atom stereocenters. The smallest absolute Gasteiger partial charge is 0.258 e. The highest BCUT2D eigenvalue weighted by Crippen LogP contribution is 2.27. The van der Waals surface area contributed by atoms with E-state index < -0.39 is 0 Å². The number of nitrogens with zero attached hydrogens (tertiary/aromatic N) is 1. The maximum Gasteiger partial charge on any atom is 0.258 e. The summed E-state index contributed by atoms with van der Waals surface area (Å²) in [6, 6.07) is 9.14. The minimum absolute atomic E-state index is 0.0313. The van der Waals surface area contributed by atoms with Crippen LogP contribution >= 0.6 is 0 Å². The molecule has 1 N–H and O–H groups in total. The summed E-state index contributed by atoms with van der Waals surface area (Å²) >= 11 is 0. The topological polar surface area (TPSA) is 42.2 Å². The lowest BCUT2D eigenvalue weighted by molar-refractivity contribution is 0.476. The standard InChI is InChI=1S/C16H15NO2/c1-9-6-13-12-5-4-11(18)8-15(12)17(3)16(19)14(13)7-10(9)2/h4-8,18H,1-3H3. The summed E-state index contributed by atoms with van der Waals surface area (Å²) in [4.78, 5) is 12.4. The molecule has 3 rings (SSSR count). The second-order valence-electron chi connectivity index (χ2n) is 5.05. The zero-order valence-corrected chi connectivity index (χ0v) is 11.2. The van der Waals surface area contributed by atoms with Gasteiger partial charge in [-0.15, -0.1) is 0 Å². The molecule has 0 unspecified atom stereocenters. The monoisotopic (exact) mass is 253 g/mol. The van der Waals surface area contributed by atoms with Crippen molar-refractivity contribution in [2.45, 2.75) is 13.8 Å². The van der Waals surface area contributed by atoms with Crippen LogP contribution in [0.3, 0.4) is 0 Å². The SMILES string of the molecule is Cc1cc2c(=O)n(C)c3cc(O)ccc3c2cc1C. The fourth-order valence-electron chi connectivity index (χ4n) is 2.53. The third kappa shape index (κ3) is 1.62. The maximum atomic E-state index is 12.4.